The molecule has 0 aromatic carbocycles. The number of aromatic nitrogens is 2. The van der Waals surface area contributed by atoms with Gasteiger partial charge in [0.25, 0.3) is 0 Å². The normalized spacial score (nSPS) is 18.3. The third kappa shape index (κ3) is 6.64. The molecule has 2 aromatic rings. The summed E-state index contributed by atoms with van der Waals surface area (Å²) in [7, 11) is 0. The van der Waals surface area contributed by atoms with E-state index in [4.69, 9.17) is 9.15 Å². The molecule has 0 saturated carbocycles. The van der Waals surface area contributed by atoms with E-state index in [1.807, 2.05) is 29.1 Å². The highest BCUT2D eigenvalue weighted by Crippen LogP contribution is 2.15. The van der Waals surface area contributed by atoms with Crippen LogP contribution < -0.4 is 10.6 Å². The molecule has 3 heterocycles. The molecule has 1 saturated heterocycles. The molecule has 1 aliphatic heterocycles. The molecule has 0 bridgehead atoms. The van der Waals surface area contributed by atoms with Crippen molar-refractivity contribution in [2.75, 3.05) is 13.2 Å². The number of nitrogens with zero attached hydrogens (tertiary/aromatic N) is 3. The minimum Gasteiger partial charge on any atom is -0.467 e. The molecule has 3 rings (SSSR count). The van der Waals surface area contributed by atoms with Crippen molar-refractivity contribution in [3.8, 4) is 0 Å². The predicted molar refractivity (Wildman–Crippen MR) is 112 cm³/mol. The summed E-state index contributed by atoms with van der Waals surface area (Å²) < 4.78 is 13.1. The third-order valence-electron chi connectivity index (χ3n) is 4.28. The van der Waals surface area contributed by atoms with Gasteiger partial charge in [-0.1, -0.05) is 0 Å². The van der Waals surface area contributed by atoms with Gasteiger partial charge in [-0.25, -0.2) is 4.99 Å². The lowest BCUT2D eigenvalue weighted by Crippen LogP contribution is -2.47. The Bertz CT molecular complexity index is 624. The van der Waals surface area contributed by atoms with Crippen LogP contribution in [0.5, 0.6) is 0 Å². The van der Waals surface area contributed by atoms with Crippen molar-refractivity contribution in [1.82, 2.24) is 20.4 Å². The van der Waals surface area contributed by atoms with Crippen molar-refractivity contribution < 1.29 is 9.15 Å². The Morgan fingerprint density at radius 2 is 2.38 bits per heavy atom. The molecule has 0 spiro atoms. The molecule has 0 amide bonds. The molecule has 0 aliphatic carbocycles. The Kier molecular flexibility index (Phi) is 8.96. The van der Waals surface area contributed by atoms with E-state index in [2.05, 4.69) is 27.6 Å². The molecule has 1 fully saturated rings. The number of aliphatic imine (C=N–C) groups is 1. The van der Waals surface area contributed by atoms with Crippen molar-refractivity contribution in [2.24, 2.45) is 4.99 Å². The number of rotatable bonds is 8. The van der Waals surface area contributed by atoms with E-state index in [1.165, 1.54) is 0 Å². The smallest absolute Gasteiger partial charge is 0.192 e. The van der Waals surface area contributed by atoms with Crippen LogP contribution in [0.1, 0.15) is 31.9 Å². The maximum absolute atomic E-state index is 5.77. The number of hydrogen-bond donors (Lipinski definition) is 2. The largest absolute Gasteiger partial charge is 0.467 e. The third-order valence-corrected chi connectivity index (χ3v) is 4.28. The van der Waals surface area contributed by atoms with Crippen molar-refractivity contribution in [3.63, 3.8) is 0 Å². The molecule has 0 radical (unpaired) electrons. The Labute approximate surface area is 171 Å². The second kappa shape index (κ2) is 11.2. The molecule has 26 heavy (non-hydrogen) atoms. The number of furan rings is 1. The van der Waals surface area contributed by atoms with Crippen LogP contribution in [0.4, 0.5) is 0 Å². The summed E-state index contributed by atoms with van der Waals surface area (Å²) in [6, 6.07) is 5.97. The first-order valence-electron chi connectivity index (χ1n) is 8.97. The van der Waals surface area contributed by atoms with Crippen LogP contribution in [0.3, 0.4) is 0 Å². The SMILES string of the molecule is CC(NC(=NCc1ccco1)NCCCn1cccn1)C1CCCO1.I. The number of guanidine groups is 1. The number of nitrogens with one attached hydrogen (secondary N) is 2. The molecule has 7 nitrogen and oxygen atoms in total. The molecule has 2 N–H and O–H groups in total. The summed E-state index contributed by atoms with van der Waals surface area (Å²) in [5.41, 5.74) is 0. The molecular formula is C18H28IN5O2. The number of ether oxygens (including phenoxy) is 1. The average Bonchev–Trinajstić information content (AvgIpc) is 3.39. The second-order valence-corrected chi connectivity index (χ2v) is 6.28. The molecule has 1 aliphatic rings. The highest BCUT2D eigenvalue weighted by Gasteiger charge is 2.23. The van der Waals surface area contributed by atoms with E-state index in [-0.39, 0.29) is 36.1 Å². The summed E-state index contributed by atoms with van der Waals surface area (Å²) in [5, 5.41) is 11.1. The van der Waals surface area contributed by atoms with Gasteiger partial charge in [0, 0.05) is 32.1 Å². The van der Waals surface area contributed by atoms with Crippen molar-refractivity contribution in [1.29, 1.82) is 0 Å². The van der Waals surface area contributed by atoms with Crippen molar-refractivity contribution >= 4 is 29.9 Å². The average molecular weight is 473 g/mol. The van der Waals surface area contributed by atoms with Crippen LogP contribution in [0.25, 0.3) is 0 Å². The monoisotopic (exact) mass is 473 g/mol. The first kappa shape index (κ1) is 20.8. The van der Waals surface area contributed by atoms with Gasteiger partial charge in [-0.05, 0) is 44.4 Å². The Hall–Kier alpha value is -1.55. The lowest BCUT2D eigenvalue weighted by molar-refractivity contribution is 0.0890. The zero-order valence-corrected chi connectivity index (χ0v) is 17.5. The van der Waals surface area contributed by atoms with Gasteiger partial charge < -0.3 is 19.8 Å². The van der Waals surface area contributed by atoms with Crippen LogP contribution in [0.2, 0.25) is 0 Å². The van der Waals surface area contributed by atoms with Crippen LogP contribution in [-0.2, 0) is 17.8 Å². The van der Waals surface area contributed by atoms with Crippen LogP contribution in [-0.4, -0.2) is 41.0 Å². The summed E-state index contributed by atoms with van der Waals surface area (Å²) in [6.45, 7) is 5.21. The molecule has 2 aromatic heterocycles. The summed E-state index contributed by atoms with van der Waals surface area (Å²) in [6.07, 6.45) is 8.89. The Morgan fingerprint density at radius 3 is 3.08 bits per heavy atom. The van der Waals surface area contributed by atoms with E-state index >= 15 is 0 Å². The van der Waals surface area contributed by atoms with E-state index in [9.17, 15) is 0 Å². The van der Waals surface area contributed by atoms with E-state index in [1.54, 1.807) is 12.5 Å². The molecule has 2 unspecified atom stereocenters. The number of halogens is 1. The van der Waals surface area contributed by atoms with Gasteiger partial charge in [-0.3, -0.25) is 4.68 Å². The molecule has 144 valence electrons. The molecular weight excluding hydrogens is 445 g/mol. The van der Waals surface area contributed by atoms with Gasteiger partial charge in [0.05, 0.1) is 18.4 Å². The first-order chi connectivity index (χ1) is 12.3. The summed E-state index contributed by atoms with van der Waals surface area (Å²) in [5.74, 6) is 1.64. The highest BCUT2D eigenvalue weighted by atomic mass is 127. The van der Waals surface area contributed by atoms with Gasteiger partial charge in [0.15, 0.2) is 5.96 Å². The maximum atomic E-state index is 5.77. The Balaban J connectivity index is 0.00000243. The fraction of sp³-hybridized carbons (Fsp3) is 0.556. The van der Waals surface area contributed by atoms with Crippen LogP contribution in [0.15, 0.2) is 46.3 Å². The van der Waals surface area contributed by atoms with E-state index in [0.717, 1.165) is 50.7 Å². The minimum absolute atomic E-state index is 0. The second-order valence-electron chi connectivity index (χ2n) is 6.28. The zero-order chi connectivity index (χ0) is 17.3. The van der Waals surface area contributed by atoms with E-state index < -0.39 is 0 Å². The van der Waals surface area contributed by atoms with Gasteiger partial charge in [0.1, 0.15) is 12.3 Å². The fourth-order valence-electron chi connectivity index (χ4n) is 2.90. The quantitative estimate of drug-likeness (QED) is 0.267. The predicted octanol–water partition coefficient (Wildman–Crippen LogP) is 2.79. The summed E-state index contributed by atoms with van der Waals surface area (Å²) >= 11 is 0. The van der Waals surface area contributed by atoms with E-state index in [0.29, 0.717) is 6.54 Å². The highest BCUT2D eigenvalue weighted by molar-refractivity contribution is 14.0. The molecule has 8 heteroatoms. The standard InChI is InChI=1S/C18H27N5O2.HI/c1-15(17-7-3-13-25-17)22-18(20-14-16-6-2-12-24-16)19-8-4-10-23-11-5-9-21-23;/h2,5-6,9,11-12,15,17H,3-4,7-8,10,13-14H2,1H3,(H2,19,20,22);1H. The number of hydrogen-bond acceptors (Lipinski definition) is 4. The van der Waals surface area contributed by atoms with Gasteiger partial charge in [-0.15, -0.1) is 24.0 Å². The number of aryl methyl sites for hydroxylation is 1. The zero-order valence-electron chi connectivity index (χ0n) is 15.1. The fourth-order valence-corrected chi connectivity index (χ4v) is 2.90. The topological polar surface area (TPSA) is 76.6 Å². The van der Waals surface area contributed by atoms with Crippen molar-refractivity contribution in [2.45, 2.75) is 51.4 Å². The first-order valence-corrected chi connectivity index (χ1v) is 8.97. The van der Waals surface area contributed by atoms with Gasteiger partial charge in [0.2, 0.25) is 0 Å². The molecule has 2 atom stereocenters. The van der Waals surface area contributed by atoms with Crippen molar-refractivity contribution in [3.05, 3.63) is 42.6 Å². The maximum Gasteiger partial charge on any atom is 0.192 e. The van der Waals surface area contributed by atoms with Crippen LogP contribution in [0, 0.1) is 0 Å². The van der Waals surface area contributed by atoms with Gasteiger partial charge >= 0.3 is 0 Å². The van der Waals surface area contributed by atoms with Gasteiger partial charge in [-0.2, -0.15) is 5.10 Å². The lowest BCUT2D eigenvalue weighted by Gasteiger charge is -2.22. The minimum atomic E-state index is 0. The lowest BCUT2D eigenvalue weighted by atomic mass is 10.1. The summed E-state index contributed by atoms with van der Waals surface area (Å²) in [4.78, 5) is 4.63. The Morgan fingerprint density at radius 1 is 1.46 bits per heavy atom. The van der Waals surface area contributed by atoms with Crippen LogP contribution >= 0.6 is 24.0 Å².